The highest BCUT2D eigenvalue weighted by Gasteiger charge is 2.13. The number of amides is 1. The predicted molar refractivity (Wildman–Crippen MR) is 80.5 cm³/mol. The number of anilines is 1. The molecule has 0 aliphatic carbocycles. The molecule has 2 rings (SSSR count). The molecule has 1 amide bonds. The van der Waals surface area contributed by atoms with Crippen molar-refractivity contribution in [3.8, 4) is 0 Å². The fourth-order valence-electron chi connectivity index (χ4n) is 2.03. The lowest BCUT2D eigenvalue weighted by atomic mass is 10.2. The molecule has 0 saturated carbocycles. The molecular formula is C16H15FN2O3. The Morgan fingerprint density at radius 1 is 1.18 bits per heavy atom. The lowest BCUT2D eigenvalue weighted by Gasteiger charge is -2.11. The number of nitrogens with one attached hydrogen (secondary N) is 1. The van der Waals surface area contributed by atoms with Crippen molar-refractivity contribution in [1.29, 1.82) is 0 Å². The van der Waals surface area contributed by atoms with Gasteiger partial charge in [-0.3, -0.25) is 14.4 Å². The third-order valence-electron chi connectivity index (χ3n) is 3.22. The van der Waals surface area contributed by atoms with Gasteiger partial charge in [0.05, 0.1) is 11.3 Å². The van der Waals surface area contributed by atoms with Gasteiger partial charge in [0.15, 0.2) is 5.78 Å². The Bertz CT molecular complexity index is 796. The fraction of sp³-hybridized carbons (Fsp3) is 0.188. The van der Waals surface area contributed by atoms with Crippen LogP contribution in [0, 0.1) is 12.7 Å². The van der Waals surface area contributed by atoms with Crippen LogP contribution in [-0.2, 0) is 11.3 Å². The van der Waals surface area contributed by atoms with Gasteiger partial charge in [0.25, 0.3) is 5.56 Å². The normalized spacial score (nSPS) is 10.3. The number of aromatic nitrogens is 1. The first-order valence-electron chi connectivity index (χ1n) is 6.66. The molecule has 0 aliphatic heterocycles. The second-order valence-corrected chi connectivity index (χ2v) is 4.86. The molecule has 0 atom stereocenters. The summed E-state index contributed by atoms with van der Waals surface area (Å²) < 4.78 is 14.7. The van der Waals surface area contributed by atoms with Crippen molar-refractivity contribution in [3.63, 3.8) is 0 Å². The molecule has 0 saturated heterocycles. The molecule has 1 aromatic heterocycles. The molecule has 0 fully saturated rings. The smallest absolute Gasteiger partial charge is 0.262 e. The number of ketones is 1. The van der Waals surface area contributed by atoms with Gasteiger partial charge in [-0.2, -0.15) is 0 Å². The van der Waals surface area contributed by atoms with Gasteiger partial charge in [-0.05, 0) is 38.1 Å². The minimum absolute atomic E-state index is 0.0179. The van der Waals surface area contributed by atoms with Crippen molar-refractivity contribution in [2.75, 3.05) is 5.32 Å². The number of para-hydroxylation sites is 1. The SMILES string of the molecule is CC(=O)c1ccc(C)n(CC(=O)Nc2ccccc2F)c1=O. The first kappa shape index (κ1) is 15.6. The third-order valence-corrected chi connectivity index (χ3v) is 3.22. The van der Waals surface area contributed by atoms with Crippen molar-refractivity contribution in [2.45, 2.75) is 20.4 Å². The van der Waals surface area contributed by atoms with Crippen LogP contribution >= 0.6 is 0 Å². The Kier molecular flexibility index (Phi) is 4.50. The molecule has 22 heavy (non-hydrogen) atoms. The maximum atomic E-state index is 13.5. The molecule has 6 heteroatoms. The number of aryl methyl sites for hydroxylation is 1. The Labute approximate surface area is 126 Å². The van der Waals surface area contributed by atoms with Crippen LogP contribution in [-0.4, -0.2) is 16.3 Å². The second kappa shape index (κ2) is 6.34. The summed E-state index contributed by atoms with van der Waals surface area (Å²) in [6.07, 6.45) is 0. The van der Waals surface area contributed by atoms with Gasteiger partial charge in [-0.1, -0.05) is 12.1 Å². The number of carbonyl (C=O) groups is 2. The monoisotopic (exact) mass is 302 g/mol. The largest absolute Gasteiger partial charge is 0.322 e. The Morgan fingerprint density at radius 2 is 1.86 bits per heavy atom. The number of hydrogen-bond acceptors (Lipinski definition) is 3. The molecule has 1 heterocycles. The number of carbonyl (C=O) groups excluding carboxylic acids is 2. The van der Waals surface area contributed by atoms with Crippen molar-refractivity contribution in [2.24, 2.45) is 0 Å². The zero-order valence-corrected chi connectivity index (χ0v) is 12.2. The standard InChI is InChI=1S/C16H15FN2O3/c1-10-7-8-12(11(2)20)16(22)19(10)9-15(21)18-14-6-4-3-5-13(14)17/h3-8H,9H2,1-2H3,(H,18,21). The summed E-state index contributed by atoms with van der Waals surface area (Å²) in [6.45, 7) is 2.65. The van der Waals surface area contributed by atoms with Gasteiger partial charge in [-0.25, -0.2) is 4.39 Å². The number of pyridine rings is 1. The van der Waals surface area contributed by atoms with Crippen LogP contribution in [0.25, 0.3) is 0 Å². The van der Waals surface area contributed by atoms with Crippen molar-refractivity contribution < 1.29 is 14.0 Å². The van der Waals surface area contributed by atoms with Crippen LogP contribution in [0.3, 0.4) is 0 Å². The number of benzene rings is 1. The molecule has 0 aliphatic rings. The third kappa shape index (κ3) is 3.28. The number of halogens is 1. The first-order valence-corrected chi connectivity index (χ1v) is 6.66. The summed E-state index contributed by atoms with van der Waals surface area (Å²) in [6, 6.07) is 8.78. The van der Waals surface area contributed by atoms with E-state index in [0.29, 0.717) is 5.69 Å². The lowest BCUT2D eigenvalue weighted by molar-refractivity contribution is -0.116. The number of nitrogens with zero attached hydrogens (tertiary/aromatic N) is 1. The quantitative estimate of drug-likeness (QED) is 0.880. The van der Waals surface area contributed by atoms with Gasteiger partial charge in [0, 0.05) is 5.69 Å². The van der Waals surface area contributed by atoms with E-state index in [1.165, 1.54) is 35.8 Å². The van der Waals surface area contributed by atoms with E-state index in [0.717, 1.165) is 0 Å². The van der Waals surface area contributed by atoms with E-state index in [1.807, 2.05) is 0 Å². The van der Waals surface area contributed by atoms with Crippen LogP contribution in [0.5, 0.6) is 0 Å². The van der Waals surface area contributed by atoms with Gasteiger partial charge >= 0.3 is 0 Å². The lowest BCUT2D eigenvalue weighted by Crippen LogP contribution is -2.32. The summed E-state index contributed by atoms with van der Waals surface area (Å²) in [5.74, 6) is -1.47. The summed E-state index contributed by atoms with van der Waals surface area (Å²) in [4.78, 5) is 35.6. The van der Waals surface area contributed by atoms with Crippen LogP contribution in [0.2, 0.25) is 0 Å². The number of hydrogen-bond donors (Lipinski definition) is 1. The summed E-state index contributed by atoms with van der Waals surface area (Å²) in [5, 5.41) is 2.40. The van der Waals surface area contributed by atoms with Crippen LogP contribution in [0.15, 0.2) is 41.2 Å². The van der Waals surface area contributed by atoms with E-state index in [4.69, 9.17) is 0 Å². The molecule has 2 aromatic rings. The molecule has 5 nitrogen and oxygen atoms in total. The zero-order valence-electron chi connectivity index (χ0n) is 12.2. The highest BCUT2D eigenvalue weighted by molar-refractivity contribution is 5.94. The summed E-state index contributed by atoms with van der Waals surface area (Å²) in [5.41, 5.74) is 0.0695. The van der Waals surface area contributed by atoms with Gasteiger partial charge < -0.3 is 9.88 Å². The summed E-state index contributed by atoms with van der Waals surface area (Å²) in [7, 11) is 0. The maximum absolute atomic E-state index is 13.5. The number of Topliss-reactive ketones (excluding diaryl/α,β-unsaturated/α-hetero) is 1. The van der Waals surface area contributed by atoms with Crippen LogP contribution < -0.4 is 10.9 Å². The van der Waals surface area contributed by atoms with Gasteiger partial charge in [0.2, 0.25) is 5.91 Å². The first-order chi connectivity index (χ1) is 10.4. The molecule has 0 spiro atoms. The highest BCUT2D eigenvalue weighted by atomic mass is 19.1. The maximum Gasteiger partial charge on any atom is 0.262 e. The average molecular weight is 302 g/mol. The second-order valence-electron chi connectivity index (χ2n) is 4.86. The van der Waals surface area contributed by atoms with E-state index in [9.17, 15) is 18.8 Å². The van der Waals surface area contributed by atoms with Crippen LogP contribution in [0.4, 0.5) is 10.1 Å². The molecule has 1 N–H and O–H groups in total. The minimum atomic E-state index is -0.558. The number of rotatable bonds is 4. The van der Waals surface area contributed by atoms with E-state index < -0.39 is 17.3 Å². The zero-order chi connectivity index (χ0) is 16.3. The molecule has 0 radical (unpaired) electrons. The average Bonchev–Trinajstić information content (AvgIpc) is 2.45. The topological polar surface area (TPSA) is 68.2 Å². The molecule has 114 valence electrons. The van der Waals surface area contributed by atoms with Gasteiger partial charge in [-0.15, -0.1) is 0 Å². The Morgan fingerprint density at radius 3 is 2.50 bits per heavy atom. The Hall–Kier alpha value is -2.76. The van der Waals surface area contributed by atoms with E-state index >= 15 is 0 Å². The van der Waals surface area contributed by atoms with Crippen molar-refractivity contribution >= 4 is 17.4 Å². The van der Waals surface area contributed by atoms with E-state index in [-0.39, 0.29) is 23.6 Å². The van der Waals surface area contributed by atoms with Crippen molar-refractivity contribution in [1.82, 2.24) is 4.57 Å². The fourth-order valence-corrected chi connectivity index (χ4v) is 2.03. The van der Waals surface area contributed by atoms with E-state index in [1.54, 1.807) is 19.1 Å². The van der Waals surface area contributed by atoms with Gasteiger partial charge in [0.1, 0.15) is 12.4 Å². The van der Waals surface area contributed by atoms with Crippen LogP contribution in [0.1, 0.15) is 23.0 Å². The predicted octanol–water partition coefficient (Wildman–Crippen LogP) is 2.14. The highest BCUT2D eigenvalue weighted by Crippen LogP contribution is 2.12. The summed E-state index contributed by atoms with van der Waals surface area (Å²) >= 11 is 0. The molecule has 0 bridgehead atoms. The molecule has 0 unspecified atom stereocenters. The molecule has 1 aromatic carbocycles. The minimum Gasteiger partial charge on any atom is -0.322 e. The molecular weight excluding hydrogens is 287 g/mol. The Balaban J connectivity index is 2.26. The van der Waals surface area contributed by atoms with Crippen molar-refractivity contribution in [3.05, 3.63) is 63.8 Å². The van der Waals surface area contributed by atoms with E-state index in [2.05, 4.69) is 5.32 Å².